The van der Waals surface area contributed by atoms with Gasteiger partial charge in [-0.15, -0.1) is 0 Å². The summed E-state index contributed by atoms with van der Waals surface area (Å²) in [6.45, 7) is 1.03. The van der Waals surface area contributed by atoms with Gasteiger partial charge in [0.1, 0.15) is 5.75 Å². The second-order valence-electron chi connectivity index (χ2n) is 7.61. The van der Waals surface area contributed by atoms with Crippen molar-refractivity contribution in [1.82, 2.24) is 14.1 Å². The molecule has 2 aromatic carbocycles. The van der Waals surface area contributed by atoms with E-state index in [9.17, 15) is 18.0 Å². The molecule has 0 saturated carbocycles. The van der Waals surface area contributed by atoms with Crippen LogP contribution in [0.4, 0.5) is 5.69 Å². The predicted molar refractivity (Wildman–Crippen MR) is 123 cm³/mol. The van der Waals surface area contributed by atoms with Crippen LogP contribution in [0.15, 0.2) is 70.5 Å². The molecule has 1 fully saturated rings. The monoisotopic (exact) mass is 468 g/mol. The van der Waals surface area contributed by atoms with Crippen molar-refractivity contribution in [3.8, 4) is 11.4 Å². The fourth-order valence-electron chi connectivity index (χ4n) is 3.60. The molecule has 0 radical (unpaired) electrons. The van der Waals surface area contributed by atoms with Crippen molar-refractivity contribution in [3.63, 3.8) is 0 Å². The molecule has 0 aliphatic carbocycles. The summed E-state index contributed by atoms with van der Waals surface area (Å²) in [4.78, 5) is 25.1. The van der Waals surface area contributed by atoms with Crippen LogP contribution in [0.1, 0.15) is 29.8 Å². The average molecular weight is 469 g/mol. The number of nitrogens with zero attached hydrogens (tertiary/aromatic N) is 3. The molecule has 0 atom stereocenters. The van der Waals surface area contributed by atoms with Gasteiger partial charge >= 0.3 is 0 Å². The van der Waals surface area contributed by atoms with Crippen molar-refractivity contribution >= 4 is 21.6 Å². The largest absolute Gasteiger partial charge is 0.497 e. The van der Waals surface area contributed by atoms with Gasteiger partial charge < -0.3 is 10.1 Å². The molecule has 3 aromatic rings. The lowest BCUT2D eigenvalue weighted by Crippen LogP contribution is -2.35. The summed E-state index contributed by atoms with van der Waals surface area (Å²) in [6, 6.07) is 14.2. The minimum atomic E-state index is -3.56. The lowest BCUT2D eigenvalue weighted by molar-refractivity contribution is 0.101. The number of rotatable bonds is 6. The van der Waals surface area contributed by atoms with Crippen LogP contribution in [-0.2, 0) is 10.0 Å². The van der Waals surface area contributed by atoms with E-state index in [1.54, 1.807) is 31.4 Å². The molecule has 10 heteroatoms. The number of carbonyl (C=O) groups excluding carboxylic acids is 1. The highest BCUT2D eigenvalue weighted by Crippen LogP contribution is 2.22. The zero-order valence-electron chi connectivity index (χ0n) is 18.1. The van der Waals surface area contributed by atoms with Crippen molar-refractivity contribution in [2.75, 3.05) is 25.5 Å². The fourth-order valence-corrected chi connectivity index (χ4v) is 5.12. The molecule has 4 rings (SSSR count). The number of aromatic nitrogens is 2. The SMILES string of the molecule is COc1ccc(-n2ccc(=O)c(C(=O)Nc3ccc(S(=O)(=O)N4CCCCC4)cc3)n2)cc1. The predicted octanol–water partition coefficient (Wildman–Crippen LogP) is 2.67. The zero-order valence-corrected chi connectivity index (χ0v) is 18.9. The summed E-state index contributed by atoms with van der Waals surface area (Å²) in [7, 11) is -2.00. The molecule has 1 aliphatic heterocycles. The first-order valence-corrected chi connectivity index (χ1v) is 12.0. The molecular weight excluding hydrogens is 444 g/mol. The van der Waals surface area contributed by atoms with E-state index in [2.05, 4.69) is 10.4 Å². The van der Waals surface area contributed by atoms with Crippen molar-refractivity contribution in [2.24, 2.45) is 0 Å². The maximum Gasteiger partial charge on any atom is 0.280 e. The molecule has 1 saturated heterocycles. The molecule has 0 unspecified atom stereocenters. The van der Waals surface area contributed by atoms with Gasteiger partial charge in [-0.3, -0.25) is 9.59 Å². The van der Waals surface area contributed by atoms with Gasteiger partial charge in [-0.05, 0) is 61.4 Å². The van der Waals surface area contributed by atoms with E-state index in [1.807, 2.05) is 0 Å². The van der Waals surface area contributed by atoms with Gasteiger partial charge in [0.2, 0.25) is 15.5 Å². The van der Waals surface area contributed by atoms with Crippen LogP contribution < -0.4 is 15.5 Å². The Labute approximate surface area is 191 Å². The fraction of sp³-hybridized carbons (Fsp3) is 0.261. The Balaban J connectivity index is 1.51. The van der Waals surface area contributed by atoms with Crippen LogP contribution in [0.3, 0.4) is 0 Å². The smallest absolute Gasteiger partial charge is 0.280 e. The van der Waals surface area contributed by atoms with Crippen LogP contribution in [0, 0.1) is 0 Å². The summed E-state index contributed by atoms with van der Waals surface area (Å²) in [5, 5.41) is 6.77. The highest BCUT2D eigenvalue weighted by Gasteiger charge is 2.25. The van der Waals surface area contributed by atoms with Gasteiger partial charge in [0.05, 0.1) is 17.7 Å². The molecule has 9 nitrogen and oxygen atoms in total. The van der Waals surface area contributed by atoms with Gasteiger partial charge in [0.25, 0.3) is 5.91 Å². The third kappa shape index (κ3) is 4.96. The van der Waals surface area contributed by atoms with E-state index in [1.165, 1.54) is 45.5 Å². The maximum absolute atomic E-state index is 12.8. The third-order valence-electron chi connectivity index (χ3n) is 5.43. The van der Waals surface area contributed by atoms with E-state index < -0.39 is 21.4 Å². The molecule has 2 heterocycles. The van der Waals surface area contributed by atoms with Crippen molar-refractivity contribution in [2.45, 2.75) is 24.2 Å². The minimum absolute atomic E-state index is 0.169. The van der Waals surface area contributed by atoms with E-state index in [0.29, 0.717) is 30.2 Å². The second kappa shape index (κ2) is 9.55. The number of nitrogens with one attached hydrogen (secondary N) is 1. The third-order valence-corrected chi connectivity index (χ3v) is 7.34. The number of benzene rings is 2. The number of methoxy groups -OCH3 is 1. The number of amides is 1. The highest BCUT2D eigenvalue weighted by atomic mass is 32.2. The summed E-state index contributed by atoms with van der Waals surface area (Å²) in [6.07, 6.45) is 4.21. The van der Waals surface area contributed by atoms with Crippen LogP contribution >= 0.6 is 0 Å². The second-order valence-corrected chi connectivity index (χ2v) is 9.55. The Morgan fingerprint density at radius 2 is 1.64 bits per heavy atom. The Morgan fingerprint density at radius 3 is 2.27 bits per heavy atom. The number of hydrogen-bond donors (Lipinski definition) is 1. The van der Waals surface area contributed by atoms with Gasteiger partial charge in [-0.2, -0.15) is 9.40 Å². The van der Waals surface area contributed by atoms with Crippen molar-refractivity contribution in [1.29, 1.82) is 0 Å². The topological polar surface area (TPSA) is 111 Å². The molecule has 1 amide bonds. The Hall–Kier alpha value is -3.50. The molecule has 0 bridgehead atoms. The van der Waals surface area contributed by atoms with Gasteiger partial charge in [-0.25, -0.2) is 13.1 Å². The first kappa shape index (κ1) is 22.7. The molecule has 33 heavy (non-hydrogen) atoms. The number of anilines is 1. The molecule has 1 N–H and O–H groups in total. The lowest BCUT2D eigenvalue weighted by atomic mass is 10.2. The molecule has 1 aromatic heterocycles. The highest BCUT2D eigenvalue weighted by molar-refractivity contribution is 7.89. The van der Waals surface area contributed by atoms with Gasteiger partial charge in [0, 0.05) is 31.0 Å². The number of carbonyl (C=O) groups is 1. The van der Waals surface area contributed by atoms with Gasteiger partial charge in [-0.1, -0.05) is 6.42 Å². The average Bonchev–Trinajstić information content (AvgIpc) is 2.85. The van der Waals surface area contributed by atoms with E-state index in [-0.39, 0.29) is 10.6 Å². The Bertz CT molecular complexity index is 1300. The summed E-state index contributed by atoms with van der Waals surface area (Å²) >= 11 is 0. The number of sulfonamides is 1. The van der Waals surface area contributed by atoms with E-state index >= 15 is 0 Å². The van der Waals surface area contributed by atoms with Crippen LogP contribution in [0.2, 0.25) is 0 Å². The molecule has 1 aliphatic rings. The number of ether oxygens (including phenoxy) is 1. The normalized spacial score (nSPS) is 14.6. The number of piperidine rings is 1. The zero-order chi connectivity index (χ0) is 23.4. The quantitative estimate of drug-likeness (QED) is 0.596. The molecule has 0 spiro atoms. The lowest BCUT2D eigenvalue weighted by Gasteiger charge is -2.25. The summed E-state index contributed by atoms with van der Waals surface area (Å²) in [5.74, 6) is -0.0157. The summed E-state index contributed by atoms with van der Waals surface area (Å²) in [5.41, 5.74) is 0.204. The van der Waals surface area contributed by atoms with Crippen molar-refractivity contribution < 1.29 is 17.9 Å². The minimum Gasteiger partial charge on any atom is -0.497 e. The first-order valence-electron chi connectivity index (χ1n) is 10.5. The van der Waals surface area contributed by atoms with Gasteiger partial charge in [0.15, 0.2) is 5.69 Å². The molecule has 172 valence electrons. The molecular formula is C23H24N4O5S. The number of hydrogen-bond acceptors (Lipinski definition) is 6. The summed E-state index contributed by atoms with van der Waals surface area (Å²) < 4.78 is 33.6. The van der Waals surface area contributed by atoms with E-state index in [4.69, 9.17) is 4.74 Å². The van der Waals surface area contributed by atoms with E-state index in [0.717, 1.165) is 19.3 Å². The Kier molecular flexibility index (Phi) is 6.57. The van der Waals surface area contributed by atoms with Crippen LogP contribution in [-0.4, -0.2) is 48.6 Å². The standard InChI is InChI=1S/C23H24N4O5S/c1-32-19-9-7-18(8-10-19)27-16-13-21(28)22(25-27)23(29)24-17-5-11-20(12-6-17)33(30,31)26-14-3-2-4-15-26/h5-13,16H,2-4,14-15H2,1H3,(H,24,29). The first-order chi connectivity index (χ1) is 15.9. The van der Waals surface area contributed by atoms with Crippen LogP contribution in [0.25, 0.3) is 5.69 Å². The maximum atomic E-state index is 12.8. The van der Waals surface area contributed by atoms with Crippen LogP contribution in [0.5, 0.6) is 5.75 Å². The van der Waals surface area contributed by atoms with Crippen molar-refractivity contribution in [3.05, 3.63) is 76.7 Å². The Morgan fingerprint density at radius 1 is 0.970 bits per heavy atom.